The first-order chi connectivity index (χ1) is 7.70. The molecule has 0 radical (unpaired) electrons. The van der Waals surface area contributed by atoms with Gasteiger partial charge in [-0.1, -0.05) is 39.5 Å². The highest BCUT2D eigenvalue weighted by Crippen LogP contribution is 1.97. The molecule has 1 amide bonds. The molecule has 2 N–H and O–H groups in total. The highest BCUT2D eigenvalue weighted by atomic mass is 16.1. The van der Waals surface area contributed by atoms with Crippen molar-refractivity contribution >= 4 is 5.91 Å². The van der Waals surface area contributed by atoms with Crippen LogP contribution in [0, 0.1) is 0 Å². The molecule has 3 nitrogen and oxygen atoms in total. The summed E-state index contributed by atoms with van der Waals surface area (Å²) in [6.45, 7) is 7.81. The summed E-state index contributed by atoms with van der Waals surface area (Å²) in [6, 6.07) is 0.305. The average Bonchev–Trinajstić information content (AvgIpc) is 2.23. The van der Waals surface area contributed by atoms with Gasteiger partial charge in [0.2, 0.25) is 5.91 Å². The van der Waals surface area contributed by atoms with Crippen molar-refractivity contribution in [3.8, 4) is 0 Å². The van der Waals surface area contributed by atoms with E-state index < -0.39 is 0 Å². The third kappa shape index (κ3) is 9.97. The van der Waals surface area contributed by atoms with Crippen LogP contribution in [0.5, 0.6) is 0 Å². The van der Waals surface area contributed by atoms with E-state index in [2.05, 4.69) is 31.4 Å². The summed E-state index contributed by atoms with van der Waals surface area (Å²) in [5, 5.41) is 6.16. The van der Waals surface area contributed by atoms with Crippen LogP contribution in [0.25, 0.3) is 0 Å². The van der Waals surface area contributed by atoms with Crippen molar-refractivity contribution in [2.75, 3.05) is 13.1 Å². The lowest BCUT2D eigenvalue weighted by molar-refractivity contribution is -0.120. The summed E-state index contributed by atoms with van der Waals surface area (Å²) in [4.78, 5) is 11.4. The molecule has 1 unspecified atom stereocenters. The molecule has 0 spiro atoms. The van der Waals surface area contributed by atoms with Crippen molar-refractivity contribution in [1.29, 1.82) is 0 Å². The van der Waals surface area contributed by atoms with Gasteiger partial charge in [-0.2, -0.15) is 0 Å². The number of unbranched alkanes of at least 4 members (excludes halogenated alkanes) is 3. The van der Waals surface area contributed by atoms with Crippen LogP contribution >= 0.6 is 0 Å². The van der Waals surface area contributed by atoms with Gasteiger partial charge in [0.25, 0.3) is 0 Å². The molecule has 16 heavy (non-hydrogen) atoms. The lowest BCUT2D eigenvalue weighted by atomic mass is 10.2. The molecule has 0 rings (SSSR count). The molecular formula is C13H28N2O. The van der Waals surface area contributed by atoms with Crippen LogP contribution in [0.3, 0.4) is 0 Å². The van der Waals surface area contributed by atoms with Gasteiger partial charge in [0.05, 0.1) is 6.54 Å². The minimum absolute atomic E-state index is 0.122. The second kappa shape index (κ2) is 10.9. The summed E-state index contributed by atoms with van der Waals surface area (Å²) in [7, 11) is 0. The van der Waals surface area contributed by atoms with Crippen LogP contribution in [0.1, 0.15) is 59.3 Å². The van der Waals surface area contributed by atoms with Gasteiger partial charge in [0.1, 0.15) is 0 Å². The standard InChI is InChI=1S/C13H28N2O/c1-4-6-7-8-10-14-11-13(16)15-12(3)9-5-2/h12,14H,4-11H2,1-3H3,(H,15,16). The molecule has 0 aliphatic heterocycles. The Balaban J connectivity index is 3.30. The number of hydrogen-bond donors (Lipinski definition) is 2. The van der Waals surface area contributed by atoms with Gasteiger partial charge < -0.3 is 10.6 Å². The van der Waals surface area contributed by atoms with Gasteiger partial charge in [-0.15, -0.1) is 0 Å². The summed E-state index contributed by atoms with van der Waals surface area (Å²) in [5.41, 5.74) is 0. The van der Waals surface area contributed by atoms with Gasteiger partial charge >= 0.3 is 0 Å². The first-order valence-corrected chi connectivity index (χ1v) is 6.70. The fourth-order valence-electron chi connectivity index (χ4n) is 1.71. The van der Waals surface area contributed by atoms with E-state index in [1.165, 1.54) is 25.7 Å². The van der Waals surface area contributed by atoms with Crippen LogP contribution in [-0.4, -0.2) is 25.0 Å². The number of carbonyl (C=O) groups excluding carboxylic acids is 1. The zero-order valence-corrected chi connectivity index (χ0v) is 11.1. The highest BCUT2D eigenvalue weighted by molar-refractivity contribution is 5.78. The number of hydrogen-bond acceptors (Lipinski definition) is 2. The van der Waals surface area contributed by atoms with E-state index in [1.807, 2.05) is 0 Å². The Morgan fingerprint density at radius 3 is 2.50 bits per heavy atom. The van der Waals surface area contributed by atoms with Crippen LogP contribution in [0.4, 0.5) is 0 Å². The van der Waals surface area contributed by atoms with Crippen LogP contribution in [0.15, 0.2) is 0 Å². The second-order valence-electron chi connectivity index (χ2n) is 4.49. The predicted octanol–water partition coefficient (Wildman–Crippen LogP) is 2.46. The number of rotatable bonds is 10. The Labute approximate surface area is 100 Å². The zero-order valence-electron chi connectivity index (χ0n) is 11.1. The lowest BCUT2D eigenvalue weighted by Gasteiger charge is -2.12. The van der Waals surface area contributed by atoms with Crippen molar-refractivity contribution < 1.29 is 4.79 Å². The summed E-state index contributed by atoms with van der Waals surface area (Å²) in [6.07, 6.45) is 7.16. The molecule has 0 aromatic rings. The molecular weight excluding hydrogens is 200 g/mol. The maximum absolute atomic E-state index is 11.4. The Morgan fingerprint density at radius 1 is 1.12 bits per heavy atom. The molecule has 1 atom stereocenters. The van der Waals surface area contributed by atoms with E-state index in [1.54, 1.807) is 0 Å². The molecule has 0 aliphatic rings. The van der Waals surface area contributed by atoms with Crippen molar-refractivity contribution in [2.45, 2.75) is 65.3 Å². The van der Waals surface area contributed by atoms with Crippen LogP contribution < -0.4 is 10.6 Å². The third-order valence-electron chi connectivity index (χ3n) is 2.62. The van der Waals surface area contributed by atoms with Gasteiger partial charge in [0, 0.05) is 6.04 Å². The SMILES string of the molecule is CCCCCCNCC(=O)NC(C)CCC. The smallest absolute Gasteiger partial charge is 0.234 e. The first-order valence-electron chi connectivity index (χ1n) is 6.70. The predicted molar refractivity (Wildman–Crippen MR) is 69.5 cm³/mol. The minimum Gasteiger partial charge on any atom is -0.353 e. The quantitative estimate of drug-likeness (QED) is 0.564. The molecule has 0 saturated carbocycles. The van der Waals surface area contributed by atoms with E-state index in [-0.39, 0.29) is 5.91 Å². The van der Waals surface area contributed by atoms with Gasteiger partial charge in [0.15, 0.2) is 0 Å². The van der Waals surface area contributed by atoms with E-state index in [4.69, 9.17) is 0 Å². The van der Waals surface area contributed by atoms with Crippen molar-refractivity contribution in [1.82, 2.24) is 10.6 Å². The Hall–Kier alpha value is -0.570. The largest absolute Gasteiger partial charge is 0.353 e. The van der Waals surface area contributed by atoms with Gasteiger partial charge in [-0.3, -0.25) is 4.79 Å². The molecule has 0 saturated heterocycles. The molecule has 96 valence electrons. The van der Waals surface area contributed by atoms with E-state index in [9.17, 15) is 4.79 Å². The molecule has 0 bridgehead atoms. The maximum atomic E-state index is 11.4. The molecule has 0 aromatic carbocycles. The van der Waals surface area contributed by atoms with Gasteiger partial charge in [-0.25, -0.2) is 0 Å². The molecule has 0 heterocycles. The molecule has 3 heteroatoms. The molecule has 0 aromatic heterocycles. The summed E-state index contributed by atoms with van der Waals surface area (Å²) in [5.74, 6) is 0.122. The molecule has 0 fully saturated rings. The monoisotopic (exact) mass is 228 g/mol. The topological polar surface area (TPSA) is 41.1 Å². The minimum atomic E-state index is 0.122. The van der Waals surface area contributed by atoms with Crippen LogP contribution in [-0.2, 0) is 4.79 Å². The van der Waals surface area contributed by atoms with E-state index in [0.29, 0.717) is 12.6 Å². The second-order valence-corrected chi connectivity index (χ2v) is 4.49. The van der Waals surface area contributed by atoms with E-state index in [0.717, 1.165) is 19.4 Å². The van der Waals surface area contributed by atoms with Crippen LogP contribution in [0.2, 0.25) is 0 Å². The summed E-state index contributed by atoms with van der Waals surface area (Å²) < 4.78 is 0. The Morgan fingerprint density at radius 2 is 1.88 bits per heavy atom. The first kappa shape index (κ1) is 15.4. The van der Waals surface area contributed by atoms with E-state index >= 15 is 0 Å². The Bertz CT molecular complexity index is 171. The third-order valence-corrected chi connectivity index (χ3v) is 2.62. The number of amides is 1. The number of carbonyl (C=O) groups is 1. The zero-order chi connectivity index (χ0) is 12.2. The fourth-order valence-corrected chi connectivity index (χ4v) is 1.71. The van der Waals surface area contributed by atoms with Crippen molar-refractivity contribution in [2.24, 2.45) is 0 Å². The summed E-state index contributed by atoms with van der Waals surface area (Å²) >= 11 is 0. The van der Waals surface area contributed by atoms with Crippen molar-refractivity contribution in [3.63, 3.8) is 0 Å². The van der Waals surface area contributed by atoms with Gasteiger partial charge in [-0.05, 0) is 26.3 Å². The normalized spacial score (nSPS) is 12.4. The highest BCUT2D eigenvalue weighted by Gasteiger charge is 2.04. The fraction of sp³-hybridized carbons (Fsp3) is 0.923. The number of nitrogens with one attached hydrogen (secondary N) is 2. The molecule has 0 aliphatic carbocycles. The average molecular weight is 228 g/mol. The maximum Gasteiger partial charge on any atom is 0.234 e. The lowest BCUT2D eigenvalue weighted by Crippen LogP contribution is -2.39. The Kier molecular flexibility index (Phi) is 10.5. The van der Waals surface area contributed by atoms with Crippen molar-refractivity contribution in [3.05, 3.63) is 0 Å².